The van der Waals surface area contributed by atoms with Gasteiger partial charge in [-0.25, -0.2) is 8.78 Å². The molecule has 1 fully saturated rings. The Balaban J connectivity index is 2.17. The van der Waals surface area contributed by atoms with Gasteiger partial charge in [-0.05, 0) is 31.7 Å². The first-order valence-corrected chi connectivity index (χ1v) is 7.55. The molecule has 0 bridgehead atoms. The van der Waals surface area contributed by atoms with Crippen molar-refractivity contribution in [2.45, 2.75) is 39.4 Å². The average molecular weight is 297 g/mol. The minimum atomic E-state index is -0.465. The van der Waals surface area contributed by atoms with E-state index in [9.17, 15) is 8.78 Å². The number of nitrogens with one attached hydrogen (secondary N) is 1. The van der Waals surface area contributed by atoms with Crippen molar-refractivity contribution in [3.05, 3.63) is 29.3 Å². The lowest BCUT2D eigenvalue weighted by Crippen LogP contribution is -2.50. The maximum Gasteiger partial charge on any atom is 0.149 e. The zero-order chi connectivity index (χ0) is 15.6. The Morgan fingerprint density at radius 3 is 2.38 bits per heavy atom. The van der Waals surface area contributed by atoms with Crippen LogP contribution in [0.1, 0.15) is 26.3 Å². The highest BCUT2D eigenvalue weighted by Crippen LogP contribution is 2.27. The number of nitrogens with zero attached hydrogens (tertiary/aromatic N) is 2. The Bertz CT molecular complexity index is 467. The normalized spacial score (nSPS) is 20.3. The fraction of sp³-hybridized carbons (Fsp3) is 0.625. The molecule has 5 heteroatoms. The first kappa shape index (κ1) is 16.2. The Hall–Kier alpha value is -1.20. The summed E-state index contributed by atoms with van der Waals surface area (Å²) in [6.07, 6.45) is 0. The number of likely N-dealkylation sites (N-methyl/N-ethyl adjacent to an activating group) is 1. The fourth-order valence-electron chi connectivity index (χ4n) is 2.60. The molecule has 0 aliphatic carbocycles. The van der Waals surface area contributed by atoms with Crippen molar-refractivity contribution in [3.63, 3.8) is 0 Å². The second-order valence-corrected chi connectivity index (χ2v) is 6.22. The summed E-state index contributed by atoms with van der Waals surface area (Å²) in [5.74, 6) is -0.931. The molecule has 0 spiro atoms. The van der Waals surface area contributed by atoms with Crippen molar-refractivity contribution in [1.29, 1.82) is 0 Å². The SMILES string of the molecule is CC(C)NCc1cc(F)c(N2CCN(C)C(C)C2)c(F)c1. The predicted octanol–water partition coefficient (Wildman–Crippen LogP) is 2.60. The molecule has 1 aromatic rings. The number of rotatable bonds is 4. The fourth-order valence-corrected chi connectivity index (χ4v) is 2.60. The summed E-state index contributed by atoms with van der Waals surface area (Å²) in [7, 11) is 2.04. The molecule has 1 N–H and O–H groups in total. The molecule has 0 saturated carbocycles. The molecule has 1 aliphatic rings. The van der Waals surface area contributed by atoms with Crippen LogP contribution in [0.25, 0.3) is 0 Å². The summed E-state index contributed by atoms with van der Waals surface area (Å²) in [5, 5.41) is 3.17. The third-order valence-corrected chi connectivity index (χ3v) is 4.07. The smallest absolute Gasteiger partial charge is 0.149 e. The van der Waals surface area contributed by atoms with Gasteiger partial charge in [0.05, 0.1) is 0 Å². The zero-order valence-corrected chi connectivity index (χ0v) is 13.3. The highest BCUT2D eigenvalue weighted by atomic mass is 19.1. The molecule has 1 aliphatic heterocycles. The van der Waals surface area contributed by atoms with E-state index in [1.54, 1.807) is 0 Å². The molecule has 1 atom stereocenters. The predicted molar refractivity (Wildman–Crippen MR) is 82.6 cm³/mol. The molecular weight excluding hydrogens is 272 g/mol. The summed E-state index contributed by atoms with van der Waals surface area (Å²) in [5.41, 5.74) is 0.757. The van der Waals surface area contributed by atoms with Gasteiger partial charge in [0.25, 0.3) is 0 Å². The molecule has 1 aromatic carbocycles. The number of hydrogen-bond donors (Lipinski definition) is 1. The van der Waals surface area contributed by atoms with Gasteiger partial charge in [-0.15, -0.1) is 0 Å². The second kappa shape index (κ2) is 6.71. The summed E-state index contributed by atoms with van der Waals surface area (Å²) < 4.78 is 28.6. The molecule has 21 heavy (non-hydrogen) atoms. The van der Waals surface area contributed by atoms with Crippen LogP contribution in [0, 0.1) is 11.6 Å². The molecule has 118 valence electrons. The Morgan fingerprint density at radius 1 is 1.24 bits per heavy atom. The first-order valence-electron chi connectivity index (χ1n) is 7.55. The third kappa shape index (κ3) is 3.92. The number of anilines is 1. The molecule has 2 rings (SSSR count). The maximum absolute atomic E-state index is 14.3. The standard InChI is InChI=1S/C16H25F2N3/c1-11(2)19-9-13-7-14(17)16(15(18)8-13)21-6-5-20(4)12(3)10-21/h7-8,11-12,19H,5-6,9-10H2,1-4H3. The molecule has 0 radical (unpaired) electrons. The number of piperazine rings is 1. The molecule has 3 nitrogen and oxygen atoms in total. The van der Waals surface area contributed by atoms with E-state index in [2.05, 4.69) is 17.1 Å². The number of benzene rings is 1. The van der Waals surface area contributed by atoms with Crippen LogP contribution in [0.4, 0.5) is 14.5 Å². The van der Waals surface area contributed by atoms with E-state index < -0.39 is 11.6 Å². The lowest BCUT2D eigenvalue weighted by atomic mass is 10.1. The van der Waals surface area contributed by atoms with Crippen LogP contribution in [0.15, 0.2) is 12.1 Å². The monoisotopic (exact) mass is 297 g/mol. The van der Waals surface area contributed by atoms with Crippen molar-refractivity contribution < 1.29 is 8.78 Å². The van der Waals surface area contributed by atoms with Crippen molar-refractivity contribution in [3.8, 4) is 0 Å². The van der Waals surface area contributed by atoms with Crippen LogP contribution in [-0.2, 0) is 6.54 Å². The highest BCUT2D eigenvalue weighted by molar-refractivity contribution is 5.51. The van der Waals surface area contributed by atoms with E-state index in [-0.39, 0.29) is 11.7 Å². The van der Waals surface area contributed by atoms with Gasteiger partial charge in [-0.2, -0.15) is 0 Å². The minimum absolute atomic E-state index is 0.114. The summed E-state index contributed by atoms with van der Waals surface area (Å²) in [6.45, 7) is 8.68. The summed E-state index contributed by atoms with van der Waals surface area (Å²) >= 11 is 0. The Labute approximate surface area is 125 Å². The van der Waals surface area contributed by atoms with E-state index in [0.717, 1.165) is 6.54 Å². The van der Waals surface area contributed by atoms with Crippen molar-refractivity contribution >= 4 is 5.69 Å². The number of halogens is 2. The molecule has 0 amide bonds. The molecular formula is C16H25F2N3. The number of hydrogen-bond acceptors (Lipinski definition) is 3. The lowest BCUT2D eigenvalue weighted by Gasteiger charge is -2.39. The topological polar surface area (TPSA) is 18.5 Å². The van der Waals surface area contributed by atoms with Crippen LogP contribution in [0.3, 0.4) is 0 Å². The van der Waals surface area contributed by atoms with E-state index in [1.165, 1.54) is 12.1 Å². The van der Waals surface area contributed by atoms with Gasteiger partial charge in [-0.1, -0.05) is 13.8 Å². The quantitative estimate of drug-likeness (QED) is 0.921. The van der Waals surface area contributed by atoms with Crippen LogP contribution >= 0.6 is 0 Å². The van der Waals surface area contributed by atoms with E-state index in [1.807, 2.05) is 25.8 Å². The third-order valence-electron chi connectivity index (χ3n) is 4.07. The van der Waals surface area contributed by atoms with E-state index in [0.29, 0.717) is 31.2 Å². The minimum Gasteiger partial charge on any atom is -0.364 e. The average Bonchev–Trinajstić information content (AvgIpc) is 2.39. The maximum atomic E-state index is 14.3. The van der Waals surface area contributed by atoms with Gasteiger partial charge in [0.2, 0.25) is 0 Å². The molecule has 1 saturated heterocycles. The van der Waals surface area contributed by atoms with Crippen LogP contribution in [0.2, 0.25) is 0 Å². The Kier molecular flexibility index (Phi) is 5.17. The molecule has 1 unspecified atom stereocenters. The van der Waals surface area contributed by atoms with Crippen LogP contribution in [0.5, 0.6) is 0 Å². The summed E-state index contributed by atoms with van der Waals surface area (Å²) in [4.78, 5) is 4.02. The summed E-state index contributed by atoms with van der Waals surface area (Å²) in [6, 6.07) is 3.46. The van der Waals surface area contributed by atoms with Gasteiger partial charge in [-0.3, -0.25) is 0 Å². The largest absolute Gasteiger partial charge is 0.364 e. The first-order chi connectivity index (χ1) is 9.88. The van der Waals surface area contributed by atoms with Crippen molar-refractivity contribution in [1.82, 2.24) is 10.2 Å². The van der Waals surface area contributed by atoms with E-state index >= 15 is 0 Å². The van der Waals surface area contributed by atoms with Gasteiger partial charge in [0, 0.05) is 38.3 Å². The van der Waals surface area contributed by atoms with E-state index in [4.69, 9.17) is 0 Å². The van der Waals surface area contributed by atoms with Gasteiger partial charge in [0.15, 0.2) is 0 Å². The van der Waals surface area contributed by atoms with Crippen molar-refractivity contribution in [2.75, 3.05) is 31.6 Å². The Morgan fingerprint density at radius 2 is 1.86 bits per heavy atom. The lowest BCUT2D eigenvalue weighted by molar-refractivity contribution is 0.232. The van der Waals surface area contributed by atoms with Crippen LogP contribution < -0.4 is 10.2 Å². The van der Waals surface area contributed by atoms with Gasteiger partial charge >= 0.3 is 0 Å². The zero-order valence-electron chi connectivity index (χ0n) is 13.3. The van der Waals surface area contributed by atoms with Crippen molar-refractivity contribution in [2.24, 2.45) is 0 Å². The van der Waals surface area contributed by atoms with Gasteiger partial charge in [0.1, 0.15) is 17.3 Å². The van der Waals surface area contributed by atoms with Gasteiger partial charge < -0.3 is 15.1 Å². The molecule has 1 heterocycles. The van der Waals surface area contributed by atoms with Crippen LogP contribution in [-0.4, -0.2) is 43.7 Å². The molecule has 0 aromatic heterocycles. The highest BCUT2D eigenvalue weighted by Gasteiger charge is 2.25. The second-order valence-electron chi connectivity index (χ2n) is 6.22.